The highest BCUT2D eigenvalue weighted by Crippen LogP contribution is 2.40. The maximum Gasteiger partial charge on any atom is 0.229 e. The first-order valence-electron chi connectivity index (χ1n) is 8.23. The van der Waals surface area contributed by atoms with Crippen molar-refractivity contribution in [1.82, 2.24) is 20.0 Å². The first-order valence-corrected chi connectivity index (χ1v) is 8.23. The molecule has 2 aromatic heterocycles. The number of rotatable bonds is 3. The number of hydrogen-bond acceptors (Lipinski definition) is 4. The summed E-state index contributed by atoms with van der Waals surface area (Å²) >= 11 is 0. The summed E-state index contributed by atoms with van der Waals surface area (Å²) in [5, 5.41) is 6.86. The molecule has 4 heterocycles. The van der Waals surface area contributed by atoms with Crippen LogP contribution >= 0.6 is 0 Å². The van der Waals surface area contributed by atoms with Crippen LogP contribution < -0.4 is 0 Å². The predicted octanol–water partition coefficient (Wildman–Crippen LogP) is 2.11. The van der Waals surface area contributed by atoms with E-state index >= 15 is 0 Å². The topological polar surface area (TPSA) is 65.4 Å². The number of H-pyrrole nitrogens is 1. The molecule has 6 nitrogen and oxygen atoms in total. The van der Waals surface area contributed by atoms with Crippen LogP contribution in [0.25, 0.3) is 11.5 Å². The second-order valence-corrected chi connectivity index (χ2v) is 6.81. The molecule has 0 bridgehead atoms. The van der Waals surface area contributed by atoms with Gasteiger partial charge in [-0.25, -0.2) is 0 Å². The third-order valence-corrected chi connectivity index (χ3v) is 5.19. The minimum absolute atomic E-state index is 0.161. The molecule has 0 radical (unpaired) electrons. The van der Waals surface area contributed by atoms with Gasteiger partial charge in [0, 0.05) is 26.3 Å². The molecule has 6 heteroatoms. The van der Waals surface area contributed by atoms with Crippen molar-refractivity contribution in [1.29, 1.82) is 0 Å². The van der Waals surface area contributed by atoms with Gasteiger partial charge in [-0.2, -0.15) is 5.10 Å². The number of aromatic amines is 1. The Kier molecular flexibility index (Phi) is 3.49. The number of hydrogen-bond donors (Lipinski definition) is 1. The van der Waals surface area contributed by atoms with E-state index in [0.717, 1.165) is 62.7 Å². The van der Waals surface area contributed by atoms with Crippen LogP contribution in [-0.2, 0) is 11.3 Å². The largest absolute Gasteiger partial charge is 0.458 e. The molecule has 2 aromatic rings. The van der Waals surface area contributed by atoms with E-state index in [0.29, 0.717) is 5.91 Å². The lowest BCUT2D eigenvalue weighted by Crippen LogP contribution is -2.48. The summed E-state index contributed by atoms with van der Waals surface area (Å²) in [4.78, 5) is 16.8. The fourth-order valence-corrected chi connectivity index (χ4v) is 3.96. The number of carbonyl (C=O) groups is 1. The number of nitrogens with zero attached hydrogens (tertiary/aromatic N) is 3. The molecule has 1 atom stereocenters. The second-order valence-electron chi connectivity index (χ2n) is 6.81. The molecule has 23 heavy (non-hydrogen) atoms. The van der Waals surface area contributed by atoms with Gasteiger partial charge in [-0.1, -0.05) is 0 Å². The Hall–Kier alpha value is -2.08. The number of aromatic nitrogens is 2. The van der Waals surface area contributed by atoms with Crippen molar-refractivity contribution >= 4 is 5.91 Å². The molecule has 0 aliphatic carbocycles. The zero-order chi connectivity index (χ0) is 15.9. The van der Waals surface area contributed by atoms with Gasteiger partial charge in [-0.3, -0.25) is 14.8 Å². The molecule has 2 aliphatic rings. The van der Waals surface area contributed by atoms with Crippen molar-refractivity contribution < 1.29 is 9.21 Å². The molecule has 1 amide bonds. The number of amides is 1. The van der Waals surface area contributed by atoms with Crippen molar-refractivity contribution in [3.05, 3.63) is 30.2 Å². The van der Waals surface area contributed by atoms with Gasteiger partial charge >= 0.3 is 0 Å². The van der Waals surface area contributed by atoms with Crippen LogP contribution in [0.4, 0.5) is 0 Å². The quantitative estimate of drug-likeness (QED) is 0.942. The number of likely N-dealkylation sites (tertiary alicyclic amines) is 2. The summed E-state index contributed by atoms with van der Waals surface area (Å²) in [6.07, 6.45) is 4.81. The number of piperidine rings is 1. The smallest absolute Gasteiger partial charge is 0.229 e. The Morgan fingerprint density at radius 3 is 3.04 bits per heavy atom. The third kappa shape index (κ3) is 2.57. The van der Waals surface area contributed by atoms with E-state index in [1.165, 1.54) is 0 Å². The summed E-state index contributed by atoms with van der Waals surface area (Å²) in [5.74, 6) is 2.06. The Morgan fingerprint density at radius 1 is 1.30 bits per heavy atom. The van der Waals surface area contributed by atoms with Crippen LogP contribution in [-0.4, -0.2) is 52.6 Å². The highest BCUT2D eigenvalue weighted by molar-refractivity contribution is 5.83. The number of furan rings is 1. The summed E-state index contributed by atoms with van der Waals surface area (Å²) in [6.45, 7) is 3.45. The lowest BCUT2D eigenvalue weighted by molar-refractivity contribution is -0.144. The van der Waals surface area contributed by atoms with Gasteiger partial charge in [0.05, 0.1) is 12.0 Å². The lowest BCUT2D eigenvalue weighted by atomic mass is 9.78. The minimum atomic E-state index is -0.161. The monoisotopic (exact) mass is 314 g/mol. The highest BCUT2D eigenvalue weighted by atomic mass is 16.3. The molecular weight excluding hydrogens is 292 g/mol. The maximum atomic E-state index is 12.6. The fourth-order valence-electron chi connectivity index (χ4n) is 3.96. The van der Waals surface area contributed by atoms with Crippen molar-refractivity contribution in [2.45, 2.75) is 25.8 Å². The van der Waals surface area contributed by atoms with E-state index in [4.69, 9.17) is 4.42 Å². The average molecular weight is 314 g/mol. The molecule has 2 aliphatic heterocycles. The third-order valence-electron chi connectivity index (χ3n) is 5.19. The first kappa shape index (κ1) is 14.5. The Labute approximate surface area is 135 Å². The van der Waals surface area contributed by atoms with Gasteiger partial charge in [0.2, 0.25) is 5.91 Å². The summed E-state index contributed by atoms with van der Waals surface area (Å²) in [5.41, 5.74) is 0.726. The van der Waals surface area contributed by atoms with E-state index < -0.39 is 0 Å². The molecule has 4 rings (SSSR count). The fraction of sp³-hybridized carbons (Fsp3) is 0.529. The van der Waals surface area contributed by atoms with Gasteiger partial charge in [-0.15, -0.1) is 0 Å². The van der Waals surface area contributed by atoms with Crippen LogP contribution in [0.5, 0.6) is 0 Å². The Morgan fingerprint density at radius 2 is 2.22 bits per heavy atom. The van der Waals surface area contributed by atoms with Crippen molar-refractivity contribution in [3.63, 3.8) is 0 Å². The van der Waals surface area contributed by atoms with E-state index in [1.54, 1.807) is 6.20 Å². The zero-order valence-electron chi connectivity index (χ0n) is 13.4. The van der Waals surface area contributed by atoms with Gasteiger partial charge in [-0.05, 0) is 44.0 Å². The number of nitrogens with one attached hydrogen (secondary N) is 1. The van der Waals surface area contributed by atoms with Gasteiger partial charge in [0.1, 0.15) is 11.5 Å². The normalized spacial score (nSPS) is 25.6. The van der Waals surface area contributed by atoms with Crippen molar-refractivity contribution in [2.75, 3.05) is 26.7 Å². The number of carbonyl (C=O) groups excluding carboxylic acids is 1. The molecule has 1 spiro atoms. The van der Waals surface area contributed by atoms with Crippen LogP contribution in [0.15, 0.2) is 28.8 Å². The predicted molar refractivity (Wildman–Crippen MR) is 85.5 cm³/mol. The van der Waals surface area contributed by atoms with Crippen molar-refractivity contribution in [2.24, 2.45) is 5.41 Å². The van der Waals surface area contributed by atoms with E-state index in [9.17, 15) is 4.79 Å². The molecule has 1 N–H and O–H groups in total. The SMILES string of the molecule is CN1CCC[C@@]2(CCN(Cc3ccc(-c4ccn[nH]4)o3)C2)C1=O. The van der Waals surface area contributed by atoms with Crippen LogP contribution in [0.3, 0.4) is 0 Å². The van der Waals surface area contributed by atoms with Crippen LogP contribution in [0.2, 0.25) is 0 Å². The van der Waals surface area contributed by atoms with Gasteiger partial charge in [0.15, 0.2) is 5.76 Å². The Balaban J connectivity index is 1.44. The van der Waals surface area contributed by atoms with E-state index in [1.807, 2.05) is 30.1 Å². The lowest BCUT2D eigenvalue weighted by Gasteiger charge is -2.37. The standard InChI is InChI=1S/C17H22N4O2/c1-20-9-2-6-17(16(20)22)7-10-21(12-17)11-13-3-4-15(23-13)14-5-8-18-19-14/h3-5,8H,2,6-7,9-12H2,1H3,(H,18,19)/t17-/m0/s1. The second kappa shape index (κ2) is 5.53. The molecule has 0 saturated carbocycles. The molecular formula is C17H22N4O2. The molecule has 2 saturated heterocycles. The molecule has 0 unspecified atom stereocenters. The summed E-state index contributed by atoms with van der Waals surface area (Å²) in [6, 6.07) is 5.87. The molecule has 2 fully saturated rings. The minimum Gasteiger partial charge on any atom is -0.458 e. The summed E-state index contributed by atoms with van der Waals surface area (Å²) < 4.78 is 5.91. The van der Waals surface area contributed by atoms with Crippen LogP contribution in [0, 0.1) is 5.41 Å². The van der Waals surface area contributed by atoms with Crippen molar-refractivity contribution in [3.8, 4) is 11.5 Å². The summed E-state index contributed by atoms with van der Waals surface area (Å²) in [7, 11) is 1.93. The van der Waals surface area contributed by atoms with Crippen LogP contribution in [0.1, 0.15) is 25.0 Å². The van der Waals surface area contributed by atoms with Gasteiger partial charge in [0.25, 0.3) is 0 Å². The molecule has 122 valence electrons. The van der Waals surface area contributed by atoms with Gasteiger partial charge < -0.3 is 9.32 Å². The first-order chi connectivity index (χ1) is 11.2. The maximum absolute atomic E-state index is 12.6. The highest BCUT2D eigenvalue weighted by Gasteiger charge is 2.47. The zero-order valence-corrected chi connectivity index (χ0v) is 13.4. The van der Waals surface area contributed by atoms with E-state index in [2.05, 4.69) is 15.1 Å². The Bertz CT molecular complexity index is 693. The van der Waals surface area contributed by atoms with E-state index in [-0.39, 0.29) is 5.41 Å². The average Bonchev–Trinajstić information content (AvgIpc) is 3.26. The molecule has 0 aromatic carbocycles.